The first kappa shape index (κ1) is 17.7. The highest BCUT2D eigenvalue weighted by molar-refractivity contribution is 6.32. The smallest absolute Gasteiger partial charge is 0.137 e. The lowest BCUT2D eigenvalue weighted by Gasteiger charge is -2.17. The van der Waals surface area contributed by atoms with Gasteiger partial charge in [0.25, 0.3) is 0 Å². The number of ether oxygens (including phenoxy) is 1. The van der Waals surface area contributed by atoms with Crippen molar-refractivity contribution in [3.63, 3.8) is 0 Å². The number of rotatable bonds is 8. The van der Waals surface area contributed by atoms with Crippen molar-refractivity contribution in [3.8, 4) is 5.75 Å². The van der Waals surface area contributed by atoms with Crippen molar-refractivity contribution < 1.29 is 9.53 Å². The van der Waals surface area contributed by atoms with Crippen LogP contribution in [0.4, 0.5) is 0 Å². The Hall–Kier alpha value is -1.32. The molecule has 1 unspecified atom stereocenters. The first-order valence-corrected chi connectivity index (χ1v) is 7.50. The van der Waals surface area contributed by atoms with Crippen molar-refractivity contribution in [2.24, 2.45) is 0 Å². The summed E-state index contributed by atoms with van der Waals surface area (Å²) in [6, 6.07) is 3.80. The maximum atomic E-state index is 11.5. The van der Waals surface area contributed by atoms with E-state index in [0.717, 1.165) is 30.4 Å². The molecule has 0 aromatic heterocycles. The Morgan fingerprint density at radius 3 is 2.67 bits per heavy atom. The fourth-order valence-corrected chi connectivity index (χ4v) is 2.47. The van der Waals surface area contributed by atoms with Crippen LogP contribution in [0.3, 0.4) is 0 Å². The van der Waals surface area contributed by atoms with E-state index >= 15 is 0 Å². The van der Waals surface area contributed by atoms with Crippen LogP contribution in [0.2, 0.25) is 5.02 Å². The van der Waals surface area contributed by atoms with Crippen molar-refractivity contribution in [1.29, 1.82) is 0 Å². The number of hydrogen-bond acceptors (Lipinski definition) is 3. The molecule has 0 saturated heterocycles. The third-order valence-electron chi connectivity index (χ3n) is 3.40. The maximum absolute atomic E-state index is 11.5. The molecule has 0 radical (unpaired) electrons. The van der Waals surface area contributed by atoms with Gasteiger partial charge in [0.15, 0.2) is 0 Å². The van der Waals surface area contributed by atoms with E-state index in [4.69, 9.17) is 16.3 Å². The molecule has 0 spiro atoms. The lowest BCUT2D eigenvalue weighted by molar-refractivity contribution is -0.109. The highest BCUT2D eigenvalue weighted by Crippen LogP contribution is 2.33. The minimum atomic E-state index is -0.169. The van der Waals surface area contributed by atoms with E-state index in [9.17, 15) is 4.79 Å². The summed E-state index contributed by atoms with van der Waals surface area (Å²) in [6.07, 6.45) is 4.62. The number of aldehydes is 1. The number of carbonyl (C=O) groups is 1. The molecule has 0 aliphatic carbocycles. The van der Waals surface area contributed by atoms with Gasteiger partial charge in [-0.15, -0.1) is 0 Å². The first-order valence-electron chi connectivity index (χ1n) is 7.13. The Morgan fingerprint density at radius 2 is 2.14 bits per heavy atom. The minimum Gasteiger partial charge on any atom is -0.495 e. The number of nitrogens with one attached hydrogen (secondary N) is 1. The molecule has 1 rings (SSSR count). The Bertz CT molecular complexity index is 508. The second-order valence-electron chi connectivity index (χ2n) is 5.30. The summed E-state index contributed by atoms with van der Waals surface area (Å²) in [6.45, 7) is 4.91. The van der Waals surface area contributed by atoms with Gasteiger partial charge in [-0.1, -0.05) is 23.3 Å². The van der Waals surface area contributed by atoms with E-state index in [0.29, 0.717) is 17.2 Å². The lowest BCUT2D eigenvalue weighted by Crippen LogP contribution is -2.13. The summed E-state index contributed by atoms with van der Waals surface area (Å²) in [5, 5.41) is 3.71. The summed E-state index contributed by atoms with van der Waals surface area (Å²) >= 11 is 6.21. The van der Waals surface area contributed by atoms with Gasteiger partial charge >= 0.3 is 0 Å². The zero-order chi connectivity index (χ0) is 15.8. The maximum Gasteiger partial charge on any atom is 0.137 e. The molecule has 21 heavy (non-hydrogen) atoms. The summed E-state index contributed by atoms with van der Waals surface area (Å²) in [5.74, 6) is 0.446. The van der Waals surface area contributed by atoms with Crippen LogP contribution in [0, 0.1) is 0 Å². The number of benzene rings is 1. The molecule has 3 nitrogen and oxygen atoms in total. The van der Waals surface area contributed by atoms with Crippen LogP contribution in [0.25, 0.3) is 0 Å². The predicted molar refractivity (Wildman–Crippen MR) is 88.5 cm³/mol. The average Bonchev–Trinajstić information content (AvgIpc) is 2.46. The molecule has 1 atom stereocenters. The molecule has 0 saturated carbocycles. The van der Waals surface area contributed by atoms with Crippen LogP contribution in [0.15, 0.2) is 23.8 Å². The molecule has 0 fully saturated rings. The highest BCUT2D eigenvalue weighted by atomic mass is 35.5. The van der Waals surface area contributed by atoms with Crippen molar-refractivity contribution in [3.05, 3.63) is 39.9 Å². The molecule has 0 bridgehead atoms. The summed E-state index contributed by atoms with van der Waals surface area (Å²) in [7, 11) is 3.50. The van der Waals surface area contributed by atoms with Gasteiger partial charge in [-0.25, -0.2) is 0 Å². The minimum absolute atomic E-state index is 0.169. The van der Waals surface area contributed by atoms with E-state index < -0.39 is 0 Å². The van der Waals surface area contributed by atoms with Gasteiger partial charge in [-0.3, -0.25) is 0 Å². The molecule has 0 aliphatic heterocycles. The van der Waals surface area contributed by atoms with E-state index in [-0.39, 0.29) is 5.92 Å². The molecule has 0 amide bonds. The van der Waals surface area contributed by atoms with Gasteiger partial charge in [-0.05, 0) is 63.5 Å². The van der Waals surface area contributed by atoms with Crippen LogP contribution in [-0.4, -0.2) is 27.0 Å². The highest BCUT2D eigenvalue weighted by Gasteiger charge is 2.17. The van der Waals surface area contributed by atoms with Crippen LogP contribution in [-0.2, 0) is 11.2 Å². The molecule has 1 aromatic rings. The quantitative estimate of drug-likeness (QED) is 0.587. The number of methoxy groups -OCH3 is 1. The Balaban J connectivity index is 3.20. The third-order valence-corrected chi connectivity index (χ3v) is 3.70. The van der Waals surface area contributed by atoms with Crippen molar-refractivity contribution >= 4 is 17.9 Å². The lowest BCUT2D eigenvalue weighted by atomic mass is 9.90. The van der Waals surface area contributed by atoms with Crippen LogP contribution >= 0.6 is 11.6 Å². The second kappa shape index (κ2) is 8.85. The Labute approximate surface area is 132 Å². The first-order chi connectivity index (χ1) is 10.0. The Kier molecular flexibility index (Phi) is 7.48. The Morgan fingerprint density at radius 1 is 1.43 bits per heavy atom. The van der Waals surface area contributed by atoms with Crippen LogP contribution in [0.1, 0.15) is 37.3 Å². The van der Waals surface area contributed by atoms with Crippen LogP contribution < -0.4 is 10.1 Å². The summed E-state index contributed by atoms with van der Waals surface area (Å²) in [5.41, 5.74) is 3.30. The van der Waals surface area contributed by atoms with Crippen molar-refractivity contribution in [1.82, 2.24) is 5.32 Å². The van der Waals surface area contributed by atoms with Gasteiger partial charge in [-0.2, -0.15) is 0 Å². The van der Waals surface area contributed by atoms with Gasteiger partial charge < -0.3 is 14.8 Å². The number of halogens is 1. The third kappa shape index (κ3) is 5.18. The van der Waals surface area contributed by atoms with Crippen molar-refractivity contribution in [2.75, 3.05) is 20.7 Å². The molecule has 0 heterocycles. The molecular formula is C17H24ClNO2. The molecule has 1 aromatic carbocycles. The van der Waals surface area contributed by atoms with Gasteiger partial charge in [0.2, 0.25) is 0 Å². The molecule has 0 aliphatic rings. The van der Waals surface area contributed by atoms with Gasteiger partial charge in [0, 0.05) is 5.92 Å². The SMILES string of the molecule is CNCCc1cc(Cl)c(OC)cc1C(C=O)CC=C(C)C. The largest absolute Gasteiger partial charge is 0.495 e. The van der Waals surface area contributed by atoms with E-state index in [1.807, 2.05) is 33.0 Å². The van der Waals surface area contributed by atoms with E-state index in [1.165, 1.54) is 5.57 Å². The zero-order valence-corrected chi connectivity index (χ0v) is 14.0. The zero-order valence-electron chi connectivity index (χ0n) is 13.2. The van der Waals surface area contributed by atoms with E-state index in [1.54, 1.807) is 7.11 Å². The fraction of sp³-hybridized carbons (Fsp3) is 0.471. The molecular weight excluding hydrogens is 286 g/mol. The second-order valence-corrected chi connectivity index (χ2v) is 5.71. The monoisotopic (exact) mass is 309 g/mol. The average molecular weight is 310 g/mol. The van der Waals surface area contributed by atoms with E-state index in [2.05, 4.69) is 11.4 Å². The topological polar surface area (TPSA) is 38.3 Å². The van der Waals surface area contributed by atoms with Gasteiger partial charge in [0.1, 0.15) is 12.0 Å². The number of hydrogen-bond donors (Lipinski definition) is 1. The number of allylic oxidation sites excluding steroid dienone is 2. The molecule has 1 N–H and O–H groups in total. The number of carbonyl (C=O) groups excluding carboxylic acids is 1. The fourth-order valence-electron chi connectivity index (χ4n) is 2.21. The molecule has 116 valence electrons. The predicted octanol–water partition coefficient (Wildman–Crippen LogP) is 3.75. The summed E-state index contributed by atoms with van der Waals surface area (Å²) < 4.78 is 5.29. The molecule has 4 heteroatoms. The van der Waals surface area contributed by atoms with Crippen molar-refractivity contribution in [2.45, 2.75) is 32.6 Å². The standard InChI is InChI=1S/C17H24ClNO2/c1-12(2)5-6-14(11-20)15-10-17(21-4)16(18)9-13(15)7-8-19-3/h5,9-11,14,19H,6-8H2,1-4H3. The van der Waals surface area contributed by atoms with Crippen LogP contribution in [0.5, 0.6) is 5.75 Å². The number of likely N-dealkylation sites (N-methyl/N-ethyl adjacent to an activating group) is 1. The normalized spacial score (nSPS) is 11.9. The van der Waals surface area contributed by atoms with Gasteiger partial charge in [0.05, 0.1) is 12.1 Å². The summed E-state index contributed by atoms with van der Waals surface area (Å²) in [4.78, 5) is 11.5.